The van der Waals surface area contributed by atoms with Crippen LogP contribution < -0.4 is 11.1 Å². The minimum absolute atomic E-state index is 0.0150. The van der Waals surface area contributed by atoms with Gasteiger partial charge in [0.05, 0.1) is 13.1 Å². The molecule has 0 aromatic carbocycles. The number of nitrogens with zero attached hydrogens (tertiary/aromatic N) is 1. The summed E-state index contributed by atoms with van der Waals surface area (Å²) in [5.41, 5.74) is 5.20. The summed E-state index contributed by atoms with van der Waals surface area (Å²) in [5, 5.41) is 2.54. The predicted molar refractivity (Wildman–Crippen MR) is 77.7 cm³/mol. The third-order valence-electron chi connectivity index (χ3n) is 3.18. The van der Waals surface area contributed by atoms with Crippen LogP contribution in [0.4, 0.5) is 0 Å². The number of rotatable bonds is 10. The zero-order valence-electron chi connectivity index (χ0n) is 12.6. The van der Waals surface area contributed by atoms with Crippen molar-refractivity contribution in [3.8, 4) is 0 Å². The van der Waals surface area contributed by atoms with Crippen LogP contribution in [-0.4, -0.2) is 42.4 Å². The van der Waals surface area contributed by atoms with Gasteiger partial charge in [-0.25, -0.2) is 0 Å². The molecule has 0 aromatic rings. The number of carbonyl (C=O) groups is 2. The van der Waals surface area contributed by atoms with E-state index in [2.05, 4.69) is 26.1 Å². The summed E-state index contributed by atoms with van der Waals surface area (Å²) in [6.07, 6.45) is 5.31. The molecule has 0 radical (unpaired) electrons. The van der Waals surface area contributed by atoms with Gasteiger partial charge in [0.1, 0.15) is 0 Å². The van der Waals surface area contributed by atoms with Crippen molar-refractivity contribution in [3.05, 3.63) is 0 Å². The number of hydrogen-bond acceptors (Lipinski definition) is 3. The van der Waals surface area contributed by atoms with Gasteiger partial charge in [0.2, 0.25) is 11.8 Å². The lowest BCUT2D eigenvalue weighted by atomic mass is 10.1. The smallest absolute Gasteiger partial charge is 0.242 e. The first-order valence-corrected chi connectivity index (χ1v) is 7.33. The highest BCUT2D eigenvalue weighted by Gasteiger charge is 2.19. The van der Waals surface area contributed by atoms with Crippen LogP contribution in [0.3, 0.4) is 0 Å². The van der Waals surface area contributed by atoms with E-state index < -0.39 is 0 Å². The van der Waals surface area contributed by atoms with Gasteiger partial charge in [-0.1, -0.05) is 33.1 Å². The molecule has 5 heteroatoms. The molecule has 3 N–H and O–H groups in total. The maximum absolute atomic E-state index is 12.1. The Balaban J connectivity index is 4.35. The summed E-state index contributed by atoms with van der Waals surface area (Å²) in [7, 11) is 0. The molecule has 0 saturated carbocycles. The molecule has 0 heterocycles. The summed E-state index contributed by atoms with van der Waals surface area (Å²) in [4.78, 5) is 25.1. The molecule has 0 bridgehead atoms. The molecule has 5 nitrogen and oxygen atoms in total. The van der Waals surface area contributed by atoms with E-state index in [1.54, 1.807) is 0 Å². The normalized spacial score (nSPS) is 12.0. The zero-order chi connectivity index (χ0) is 14.7. The molecule has 0 aliphatic carbocycles. The van der Waals surface area contributed by atoms with Crippen molar-refractivity contribution in [2.45, 2.75) is 58.9 Å². The highest BCUT2D eigenvalue weighted by molar-refractivity contribution is 5.85. The van der Waals surface area contributed by atoms with Crippen LogP contribution in [0.25, 0.3) is 0 Å². The lowest BCUT2D eigenvalue weighted by Crippen LogP contribution is -2.46. The van der Waals surface area contributed by atoms with Gasteiger partial charge in [-0.2, -0.15) is 0 Å². The van der Waals surface area contributed by atoms with E-state index >= 15 is 0 Å². The third kappa shape index (κ3) is 7.82. The van der Waals surface area contributed by atoms with E-state index in [4.69, 9.17) is 5.73 Å². The molecule has 1 atom stereocenters. The van der Waals surface area contributed by atoms with Crippen molar-refractivity contribution in [1.29, 1.82) is 0 Å². The maximum Gasteiger partial charge on any atom is 0.242 e. The van der Waals surface area contributed by atoms with Crippen LogP contribution in [0.15, 0.2) is 0 Å². The molecular formula is C14H29N3O2. The van der Waals surface area contributed by atoms with E-state index in [9.17, 15) is 9.59 Å². The Bertz CT molecular complexity index is 269. The number of nitrogens with two attached hydrogens (primary N) is 1. The fourth-order valence-electron chi connectivity index (χ4n) is 2.04. The van der Waals surface area contributed by atoms with E-state index in [1.807, 2.05) is 4.90 Å². The summed E-state index contributed by atoms with van der Waals surface area (Å²) < 4.78 is 0. The molecule has 0 spiro atoms. The molecule has 0 aromatic heterocycles. The Morgan fingerprint density at radius 2 is 1.89 bits per heavy atom. The second-order valence-electron chi connectivity index (χ2n) is 4.91. The van der Waals surface area contributed by atoms with Crippen LogP contribution in [0.5, 0.6) is 0 Å². The molecule has 2 amide bonds. The van der Waals surface area contributed by atoms with Gasteiger partial charge < -0.3 is 16.0 Å². The number of carbonyl (C=O) groups excluding carboxylic acids is 2. The molecule has 0 rings (SSSR count). The summed E-state index contributed by atoms with van der Waals surface area (Å²) in [5.74, 6) is -0.302. The first-order valence-electron chi connectivity index (χ1n) is 7.33. The number of hydrogen-bond donors (Lipinski definition) is 2. The van der Waals surface area contributed by atoms with Gasteiger partial charge in [-0.15, -0.1) is 0 Å². The molecule has 112 valence electrons. The Morgan fingerprint density at radius 3 is 2.42 bits per heavy atom. The number of nitrogens with one attached hydrogen (secondary N) is 1. The van der Waals surface area contributed by atoms with Crippen molar-refractivity contribution in [2.24, 2.45) is 5.73 Å². The van der Waals surface area contributed by atoms with Gasteiger partial charge in [0, 0.05) is 12.6 Å². The second-order valence-corrected chi connectivity index (χ2v) is 4.91. The van der Waals surface area contributed by atoms with Gasteiger partial charge in [-0.05, 0) is 19.8 Å². The SMILES string of the molecule is CCCCCN(C(=O)CNC(=O)CN)C(C)CCC. The van der Waals surface area contributed by atoms with Crippen molar-refractivity contribution in [2.75, 3.05) is 19.6 Å². The average Bonchev–Trinajstić information content (AvgIpc) is 2.40. The lowest BCUT2D eigenvalue weighted by Gasteiger charge is -2.29. The van der Waals surface area contributed by atoms with Gasteiger partial charge in [0.25, 0.3) is 0 Å². The summed E-state index contributed by atoms with van der Waals surface area (Å²) >= 11 is 0. The standard InChI is InChI=1S/C14H29N3O2/c1-4-6-7-9-17(12(3)8-5-2)14(19)11-16-13(18)10-15/h12H,4-11,15H2,1-3H3,(H,16,18). The van der Waals surface area contributed by atoms with Crippen LogP contribution >= 0.6 is 0 Å². The van der Waals surface area contributed by atoms with Crippen LogP contribution in [0, 0.1) is 0 Å². The monoisotopic (exact) mass is 271 g/mol. The Morgan fingerprint density at radius 1 is 1.21 bits per heavy atom. The Labute approximate surface area is 116 Å². The van der Waals surface area contributed by atoms with Crippen molar-refractivity contribution >= 4 is 11.8 Å². The fourth-order valence-corrected chi connectivity index (χ4v) is 2.04. The van der Waals surface area contributed by atoms with Gasteiger partial charge >= 0.3 is 0 Å². The lowest BCUT2D eigenvalue weighted by molar-refractivity contribution is -0.134. The molecule has 19 heavy (non-hydrogen) atoms. The second kappa shape index (κ2) is 10.8. The Kier molecular flexibility index (Phi) is 10.2. The van der Waals surface area contributed by atoms with Crippen molar-refractivity contribution in [3.63, 3.8) is 0 Å². The van der Waals surface area contributed by atoms with E-state index in [0.717, 1.165) is 38.6 Å². The molecular weight excluding hydrogens is 242 g/mol. The van der Waals surface area contributed by atoms with Gasteiger partial charge in [0.15, 0.2) is 0 Å². The topological polar surface area (TPSA) is 75.4 Å². The minimum Gasteiger partial charge on any atom is -0.346 e. The molecule has 0 fully saturated rings. The van der Waals surface area contributed by atoms with Crippen molar-refractivity contribution in [1.82, 2.24) is 10.2 Å². The maximum atomic E-state index is 12.1. The van der Waals surface area contributed by atoms with E-state index in [0.29, 0.717) is 0 Å². The molecule has 0 aliphatic rings. The number of unbranched alkanes of at least 4 members (excludes halogenated alkanes) is 2. The van der Waals surface area contributed by atoms with Crippen LogP contribution in [-0.2, 0) is 9.59 Å². The number of amides is 2. The highest BCUT2D eigenvalue weighted by Crippen LogP contribution is 2.09. The Hall–Kier alpha value is -1.10. The third-order valence-corrected chi connectivity index (χ3v) is 3.18. The van der Waals surface area contributed by atoms with Crippen LogP contribution in [0.1, 0.15) is 52.9 Å². The summed E-state index contributed by atoms with van der Waals surface area (Å²) in [6, 6.07) is 0.226. The first-order chi connectivity index (χ1) is 9.06. The zero-order valence-corrected chi connectivity index (χ0v) is 12.6. The largest absolute Gasteiger partial charge is 0.346 e. The van der Waals surface area contributed by atoms with Crippen LogP contribution in [0.2, 0.25) is 0 Å². The van der Waals surface area contributed by atoms with Gasteiger partial charge in [-0.3, -0.25) is 9.59 Å². The predicted octanol–water partition coefficient (Wildman–Crippen LogP) is 1.27. The first kappa shape index (κ1) is 17.9. The quantitative estimate of drug-likeness (QED) is 0.588. The molecule has 0 aliphatic heterocycles. The van der Waals surface area contributed by atoms with E-state index in [-0.39, 0.29) is 30.9 Å². The fraction of sp³-hybridized carbons (Fsp3) is 0.857. The molecule has 0 saturated heterocycles. The highest BCUT2D eigenvalue weighted by atomic mass is 16.2. The van der Waals surface area contributed by atoms with E-state index in [1.165, 1.54) is 0 Å². The minimum atomic E-state index is -0.287. The summed E-state index contributed by atoms with van der Waals surface area (Å²) in [6.45, 7) is 7.07. The average molecular weight is 271 g/mol. The molecule has 1 unspecified atom stereocenters. The van der Waals surface area contributed by atoms with Crippen molar-refractivity contribution < 1.29 is 9.59 Å².